The standard InChI is InChI=1S/C12H17N3O4S/c1-14(2)12(16)11-9-15(6-7-19-11)20(17,18)10-4-3-5-13-8-10/h3-5,8,11H,6-7,9H2,1-2H3. The Morgan fingerprint density at radius 2 is 2.25 bits per heavy atom. The van der Waals surface area contributed by atoms with Gasteiger partial charge in [-0.05, 0) is 12.1 Å². The smallest absolute Gasteiger partial charge is 0.252 e. The second kappa shape index (κ2) is 5.86. The van der Waals surface area contributed by atoms with Gasteiger partial charge in [-0.25, -0.2) is 8.42 Å². The largest absolute Gasteiger partial charge is 0.366 e. The van der Waals surface area contributed by atoms with Gasteiger partial charge in [-0.3, -0.25) is 9.78 Å². The highest BCUT2D eigenvalue weighted by molar-refractivity contribution is 7.89. The van der Waals surface area contributed by atoms with E-state index >= 15 is 0 Å². The number of ether oxygens (including phenoxy) is 1. The van der Waals surface area contributed by atoms with Crippen LogP contribution in [0.4, 0.5) is 0 Å². The Balaban J connectivity index is 2.19. The molecule has 1 unspecified atom stereocenters. The van der Waals surface area contributed by atoms with Crippen LogP contribution in [0.15, 0.2) is 29.4 Å². The summed E-state index contributed by atoms with van der Waals surface area (Å²) in [4.78, 5) is 17.2. The molecular weight excluding hydrogens is 282 g/mol. The van der Waals surface area contributed by atoms with E-state index in [4.69, 9.17) is 4.74 Å². The summed E-state index contributed by atoms with van der Waals surface area (Å²) in [5.41, 5.74) is 0. The van der Waals surface area contributed by atoms with E-state index in [2.05, 4.69) is 4.98 Å². The number of sulfonamides is 1. The first-order valence-corrected chi connectivity index (χ1v) is 7.60. The van der Waals surface area contributed by atoms with Crippen molar-refractivity contribution in [3.05, 3.63) is 24.5 Å². The van der Waals surface area contributed by atoms with Gasteiger partial charge in [0.1, 0.15) is 11.0 Å². The van der Waals surface area contributed by atoms with Crippen LogP contribution in [-0.2, 0) is 19.6 Å². The second-order valence-corrected chi connectivity index (χ2v) is 6.58. The first-order valence-electron chi connectivity index (χ1n) is 6.16. The van der Waals surface area contributed by atoms with Crippen molar-refractivity contribution in [2.24, 2.45) is 0 Å². The van der Waals surface area contributed by atoms with Crippen molar-refractivity contribution < 1.29 is 17.9 Å². The molecule has 0 aromatic carbocycles. The van der Waals surface area contributed by atoms with Crippen molar-refractivity contribution in [2.75, 3.05) is 33.8 Å². The minimum absolute atomic E-state index is 0.0221. The summed E-state index contributed by atoms with van der Waals surface area (Å²) in [6, 6.07) is 3.05. The molecule has 0 N–H and O–H groups in total. The number of aromatic nitrogens is 1. The third kappa shape index (κ3) is 2.97. The number of likely N-dealkylation sites (N-methyl/N-ethyl adjacent to an activating group) is 1. The zero-order valence-corrected chi connectivity index (χ0v) is 12.2. The quantitative estimate of drug-likeness (QED) is 0.756. The van der Waals surface area contributed by atoms with Crippen LogP contribution in [0.2, 0.25) is 0 Å². The summed E-state index contributed by atoms with van der Waals surface area (Å²) in [7, 11) is -0.411. The molecule has 1 atom stereocenters. The lowest BCUT2D eigenvalue weighted by Gasteiger charge is -2.32. The maximum atomic E-state index is 12.4. The lowest BCUT2D eigenvalue weighted by atomic mass is 10.3. The number of nitrogens with zero attached hydrogens (tertiary/aromatic N) is 3. The lowest BCUT2D eigenvalue weighted by molar-refractivity contribution is -0.144. The van der Waals surface area contributed by atoms with Crippen molar-refractivity contribution in [1.82, 2.24) is 14.2 Å². The summed E-state index contributed by atoms with van der Waals surface area (Å²) in [6.07, 6.45) is 2.05. The lowest BCUT2D eigenvalue weighted by Crippen LogP contribution is -2.51. The maximum absolute atomic E-state index is 12.4. The van der Waals surface area contributed by atoms with Crippen LogP contribution in [0.25, 0.3) is 0 Å². The summed E-state index contributed by atoms with van der Waals surface area (Å²) < 4.78 is 31.5. The molecule has 0 saturated carbocycles. The third-order valence-corrected chi connectivity index (χ3v) is 4.87. The molecule has 1 aliphatic heterocycles. The number of amides is 1. The van der Waals surface area contributed by atoms with Crippen molar-refractivity contribution >= 4 is 15.9 Å². The summed E-state index contributed by atoms with van der Waals surface area (Å²) >= 11 is 0. The predicted octanol–water partition coefficient (Wildman–Crippen LogP) is -0.441. The molecule has 1 fully saturated rings. The number of pyridine rings is 1. The monoisotopic (exact) mass is 299 g/mol. The fourth-order valence-electron chi connectivity index (χ4n) is 1.93. The Labute approximate surface area is 118 Å². The van der Waals surface area contributed by atoms with Gasteiger partial charge in [0.05, 0.1) is 6.61 Å². The van der Waals surface area contributed by atoms with Gasteiger partial charge in [0, 0.05) is 39.6 Å². The van der Waals surface area contributed by atoms with Crippen LogP contribution in [0.3, 0.4) is 0 Å². The topological polar surface area (TPSA) is 79.8 Å². The van der Waals surface area contributed by atoms with E-state index in [1.165, 1.54) is 27.7 Å². The number of carbonyl (C=O) groups excluding carboxylic acids is 1. The Hall–Kier alpha value is -1.51. The Bertz CT molecular complexity index is 574. The SMILES string of the molecule is CN(C)C(=O)C1CN(S(=O)(=O)c2cccnc2)CCO1. The maximum Gasteiger partial charge on any atom is 0.252 e. The molecule has 8 heteroatoms. The van der Waals surface area contributed by atoms with Gasteiger partial charge in [-0.1, -0.05) is 0 Å². The highest BCUT2D eigenvalue weighted by Gasteiger charge is 2.34. The molecule has 0 bridgehead atoms. The molecule has 7 nitrogen and oxygen atoms in total. The molecule has 0 radical (unpaired) electrons. The molecule has 0 aliphatic carbocycles. The first kappa shape index (κ1) is 14.9. The fraction of sp³-hybridized carbons (Fsp3) is 0.500. The molecule has 110 valence electrons. The minimum Gasteiger partial charge on any atom is -0.366 e. The van der Waals surface area contributed by atoms with Crippen molar-refractivity contribution in [3.8, 4) is 0 Å². The molecule has 1 aromatic rings. The highest BCUT2D eigenvalue weighted by atomic mass is 32.2. The molecule has 1 aliphatic rings. The minimum atomic E-state index is -3.63. The molecule has 1 saturated heterocycles. The molecule has 0 spiro atoms. The van der Waals surface area contributed by atoms with E-state index in [1.54, 1.807) is 20.2 Å². The molecule has 20 heavy (non-hydrogen) atoms. The average molecular weight is 299 g/mol. The van der Waals surface area contributed by atoms with Gasteiger partial charge in [0.15, 0.2) is 0 Å². The van der Waals surface area contributed by atoms with E-state index in [0.29, 0.717) is 0 Å². The molecule has 1 amide bonds. The van der Waals surface area contributed by atoms with E-state index in [9.17, 15) is 13.2 Å². The Kier molecular flexibility index (Phi) is 4.36. The highest BCUT2D eigenvalue weighted by Crippen LogP contribution is 2.18. The van der Waals surface area contributed by atoms with Crippen molar-refractivity contribution in [3.63, 3.8) is 0 Å². The van der Waals surface area contributed by atoms with E-state index < -0.39 is 16.1 Å². The number of morpholine rings is 1. The van der Waals surface area contributed by atoms with Crippen LogP contribution < -0.4 is 0 Å². The second-order valence-electron chi connectivity index (χ2n) is 4.64. The van der Waals surface area contributed by atoms with Gasteiger partial charge < -0.3 is 9.64 Å². The van der Waals surface area contributed by atoms with E-state index in [1.807, 2.05) is 0 Å². The van der Waals surface area contributed by atoms with Crippen LogP contribution >= 0.6 is 0 Å². The molecule has 1 aromatic heterocycles. The van der Waals surface area contributed by atoms with Crippen molar-refractivity contribution in [2.45, 2.75) is 11.0 Å². The number of hydrogen-bond acceptors (Lipinski definition) is 5. The van der Waals surface area contributed by atoms with Crippen LogP contribution in [0.1, 0.15) is 0 Å². The van der Waals surface area contributed by atoms with Gasteiger partial charge in [0.25, 0.3) is 5.91 Å². The predicted molar refractivity (Wildman–Crippen MR) is 71.4 cm³/mol. The Morgan fingerprint density at radius 1 is 1.50 bits per heavy atom. The zero-order chi connectivity index (χ0) is 14.8. The fourth-order valence-corrected chi connectivity index (χ4v) is 3.32. The number of hydrogen-bond donors (Lipinski definition) is 0. The van der Waals surface area contributed by atoms with E-state index in [0.717, 1.165) is 0 Å². The normalized spacial score (nSPS) is 20.6. The number of rotatable bonds is 3. The van der Waals surface area contributed by atoms with Gasteiger partial charge >= 0.3 is 0 Å². The molecule has 2 rings (SSSR count). The molecule has 2 heterocycles. The average Bonchev–Trinajstić information content (AvgIpc) is 2.47. The van der Waals surface area contributed by atoms with Crippen molar-refractivity contribution in [1.29, 1.82) is 0 Å². The van der Waals surface area contributed by atoms with Gasteiger partial charge in [0.2, 0.25) is 10.0 Å². The van der Waals surface area contributed by atoms with Gasteiger partial charge in [-0.2, -0.15) is 4.31 Å². The zero-order valence-electron chi connectivity index (χ0n) is 11.4. The van der Waals surface area contributed by atoms with Gasteiger partial charge in [-0.15, -0.1) is 0 Å². The summed E-state index contributed by atoms with van der Waals surface area (Å²) in [5.74, 6) is -0.240. The van der Waals surface area contributed by atoms with E-state index in [-0.39, 0.29) is 30.5 Å². The van der Waals surface area contributed by atoms with Crippen LogP contribution in [-0.4, -0.2) is 68.4 Å². The molecular formula is C12H17N3O4S. The summed E-state index contributed by atoms with van der Waals surface area (Å²) in [5, 5.41) is 0. The summed E-state index contributed by atoms with van der Waals surface area (Å²) in [6.45, 7) is 0.451. The first-order chi connectivity index (χ1) is 9.43. The Morgan fingerprint density at radius 3 is 2.85 bits per heavy atom. The van der Waals surface area contributed by atoms with Crippen LogP contribution in [0.5, 0.6) is 0 Å². The third-order valence-electron chi connectivity index (χ3n) is 3.02. The number of carbonyl (C=O) groups is 1. The van der Waals surface area contributed by atoms with Crippen LogP contribution in [0, 0.1) is 0 Å².